The van der Waals surface area contributed by atoms with Gasteiger partial charge in [0, 0.05) is 6.54 Å². The number of nitrogens with zero attached hydrogens (tertiary/aromatic N) is 2. The van der Waals surface area contributed by atoms with E-state index in [9.17, 15) is 9.59 Å². The summed E-state index contributed by atoms with van der Waals surface area (Å²) in [6.45, 7) is 6.82. The molecular weight excluding hydrogens is 278 g/mol. The number of nitrogens with one attached hydrogen (secondary N) is 1. The van der Waals surface area contributed by atoms with E-state index < -0.39 is 0 Å². The maximum Gasteiger partial charge on any atom is 0.329 e. The highest BCUT2D eigenvalue weighted by Crippen LogP contribution is 2.19. The lowest BCUT2D eigenvalue weighted by molar-refractivity contribution is 0.180. The van der Waals surface area contributed by atoms with E-state index in [0.717, 1.165) is 38.9 Å². The van der Waals surface area contributed by atoms with Gasteiger partial charge in [0.2, 0.25) is 0 Å². The van der Waals surface area contributed by atoms with Crippen LogP contribution in [0.4, 0.5) is 0 Å². The number of rotatable bonds is 4. The molecule has 20 heavy (non-hydrogen) atoms. The third-order valence-electron chi connectivity index (χ3n) is 3.97. The van der Waals surface area contributed by atoms with Gasteiger partial charge in [0.05, 0.1) is 11.6 Å². The Bertz CT molecular complexity index is 579. The summed E-state index contributed by atoms with van der Waals surface area (Å²) in [7, 11) is 0. The number of hydrogen-bond acceptors (Lipinski definition) is 3. The lowest BCUT2D eigenvalue weighted by atomic mass is 10.1. The predicted octanol–water partition coefficient (Wildman–Crippen LogP) is 1.80. The van der Waals surface area contributed by atoms with Gasteiger partial charge in [-0.25, -0.2) is 4.79 Å². The summed E-state index contributed by atoms with van der Waals surface area (Å²) in [6.07, 6.45) is 3.30. The maximum atomic E-state index is 12.5. The second-order valence-corrected chi connectivity index (χ2v) is 5.72. The Morgan fingerprint density at radius 1 is 1.35 bits per heavy atom. The molecule has 0 radical (unpaired) electrons. The smallest absolute Gasteiger partial charge is 0.302 e. The number of piperidine rings is 1. The van der Waals surface area contributed by atoms with E-state index in [1.807, 2.05) is 6.92 Å². The van der Waals surface area contributed by atoms with Crippen LogP contribution in [0.1, 0.15) is 44.7 Å². The van der Waals surface area contributed by atoms with Crippen LogP contribution in [0.3, 0.4) is 0 Å². The first-order chi connectivity index (χ1) is 9.58. The number of aromatic amines is 1. The zero-order valence-electron chi connectivity index (χ0n) is 12.1. The zero-order valence-corrected chi connectivity index (χ0v) is 12.9. The average molecular weight is 300 g/mol. The summed E-state index contributed by atoms with van der Waals surface area (Å²) in [6, 6.07) is -0.0483. The predicted molar refractivity (Wildman–Crippen MR) is 80.7 cm³/mol. The Morgan fingerprint density at radius 3 is 2.75 bits per heavy atom. The van der Waals surface area contributed by atoms with Crippen LogP contribution in [0.25, 0.3) is 0 Å². The molecule has 1 saturated heterocycles. The number of H-pyrrole nitrogens is 1. The van der Waals surface area contributed by atoms with Gasteiger partial charge in [0.15, 0.2) is 0 Å². The van der Waals surface area contributed by atoms with Crippen LogP contribution in [0.2, 0.25) is 5.15 Å². The van der Waals surface area contributed by atoms with E-state index in [4.69, 9.17) is 11.6 Å². The fraction of sp³-hybridized carbons (Fsp3) is 0.714. The second-order valence-electron chi connectivity index (χ2n) is 5.34. The molecule has 2 heterocycles. The second kappa shape index (κ2) is 6.59. The van der Waals surface area contributed by atoms with Gasteiger partial charge in [-0.1, -0.05) is 31.9 Å². The van der Waals surface area contributed by atoms with E-state index in [1.165, 1.54) is 4.57 Å². The Morgan fingerprint density at radius 2 is 2.10 bits per heavy atom. The van der Waals surface area contributed by atoms with E-state index in [0.29, 0.717) is 12.0 Å². The summed E-state index contributed by atoms with van der Waals surface area (Å²) in [5, 5.41) is 0.196. The first-order valence-corrected chi connectivity index (χ1v) is 7.71. The van der Waals surface area contributed by atoms with Crippen molar-refractivity contribution in [3.63, 3.8) is 0 Å². The van der Waals surface area contributed by atoms with Crippen LogP contribution < -0.4 is 11.2 Å². The SMILES string of the molecule is CCCc1c(Cl)[nH]c(=O)n(C2CCCN(CC)C2)c1=O. The lowest BCUT2D eigenvalue weighted by Gasteiger charge is -2.32. The monoisotopic (exact) mass is 299 g/mol. The van der Waals surface area contributed by atoms with Gasteiger partial charge in [0.25, 0.3) is 5.56 Å². The van der Waals surface area contributed by atoms with Gasteiger partial charge in [-0.15, -0.1) is 0 Å². The molecule has 2 rings (SSSR count). The van der Waals surface area contributed by atoms with Crippen molar-refractivity contribution in [3.8, 4) is 0 Å². The molecule has 1 aliphatic rings. The third-order valence-corrected chi connectivity index (χ3v) is 4.29. The van der Waals surface area contributed by atoms with Crippen molar-refractivity contribution >= 4 is 11.6 Å². The average Bonchev–Trinajstić information content (AvgIpc) is 2.43. The van der Waals surface area contributed by atoms with Crippen molar-refractivity contribution in [1.29, 1.82) is 0 Å². The largest absolute Gasteiger partial charge is 0.329 e. The van der Waals surface area contributed by atoms with Gasteiger partial charge in [-0.05, 0) is 32.4 Å². The normalized spacial score (nSPS) is 20.2. The minimum atomic E-state index is -0.386. The van der Waals surface area contributed by atoms with Crippen molar-refractivity contribution in [2.24, 2.45) is 0 Å². The van der Waals surface area contributed by atoms with Crippen molar-refractivity contribution in [2.75, 3.05) is 19.6 Å². The Balaban J connectivity index is 2.43. The molecule has 0 aromatic carbocycles. The van der Waals surface area contributed by atoms with Crippen LogP contribution in [-0.2, 0) is 6.42 Å². The van der Waals surface area contributed by atoms with Crippen molar-refractivity contribution in [3.05, 3.63) is 31.6 Å². The molecule has 1 atom stereocenters. The minimum Gasteiger partial charge on any atom is -0.302 e. The van der Waals surface area contributed by atoms with Gasteiger partial charge >= 0.3 is 5.69 Å². The lowest BCUT2D eigenvalue weighted by Crippen LogP contribution is -2.46. The molecule has 112 valence electrons. The third kappa shape index (κ3) is 2.99. The van der Waals surface area contributed by atoms with Crippen LogP contribution in [0.15, 0.2) is 9.59 Å². The fourth-order valence-electron chi connectivity index (χ4n) is 2.89. The number of halogens is 1. The number of likely N-dealkylation sites (tertiary alicyclic amines) is 1. The molecule has 0 bridgehead atoms. The minimum absolute atomic E-state index is 0.0483. The summed E-state index contributed by atoms with van der Waals surface area (Å²) in [5.74, 6) is 0. The van der Waals surface area contributed by atoms with Gasteiger partial charge in [0.1, 0.15) is 5.15 Å². The van der Waals surface area contributed by atoms with Gasteiger partial charge < -0.3 is 4.90 Å². The van der Waals surface area contributed by atoms with Crippen LogP contribution >= 0.6 is 11.6 Å². The number of hydrogen-bond donors (Lipinski definition) is 1. The highest BCUT2D eigenvalue weighted by atomic mass is 35.5. The molecule has 1 aromatic rings. The standard InChI is InChI=1S/C14H22ClN3O2/c1-3-6-11-12(15)16-14(20)18(13(11)19)10-7-5-8-17(4-2)9-10/h10H,3-9H2,1-2H3,(H,16,20). The molecule has 0 saturated carbocycles. The number of aromatic nitrogens is 2. The Labute approximate surface area is 123 Å². The molecule has 0 aliphatic carbocycles. The van der Waals surface area contributed by atoms with Crippen LogP contribution in [0, 0.1) is 0 Å². The highest BCUT2D eigenvalue weighted by Gasteiger charge is 2.24. The molecule has 1 aliphatic heterocycles. The summed E-state index contributed by atoms with van der Waals surface area (Å²) in [4.78, 5) is 29.5. The maximum absolute atomic E-state index is 12.5. The Kier molecular flexibility index (Phi) is 5.05. The quantitative estimate of drug-likeness (QED) is 0.863. The zero-order chi connectivity index (χ0) is 14.7. The van der Waals surface area contributed by atoms with Crippen molar-refractivity contribution in [1.82, 2.24) is 14.5 Å². The fourth-order valence-corrected chi connectivity index (χ4v) is 3.14. The molecule has 6 heteroatoms. The molecule has 1 N–H and O–H groups in total. The van der Waals surface area contributed by atoms with Crippen LogP contribution in [0.5, 0.6) is 0 Å². The molecule has 1 unspecified atom stereocenters. The van der Waals surface area contributed by atoms with Gasteiger partial charge in [-0.3, -0.25) is 14.3 Å². The Hall–Kier alpha value is -1.07. The molecule has 5 nitrogen and oxygen atoms in total. The summed E-state index contributed by atoms with van der Waals surface area (Å²) < 4.78 is 1.37. The molecular formula is C14H22ClN3O2. The summed E-state index contributed by atoms with van der Waals surface area (Å²) in [5.41, 5.74) is -0.0752. The molecule has 0 spiro atoms. The first kappa shape index (κ1) is 15.3. The summed E-state index contributed by atoms with van der Waals surface area (Å²) >= 11 is 6.00. The number of likely N-dealkylation sites (N-methyl/N-ethyl adjacent to an activating group) is 1. The van der Waals surface area contributed by atoms with Crippen molar-refractivity contribution in [2.45, 2.75) is 45.6 Å². The molecule has 0 amide bonds. The highest BCUT2D eigenvalue weighted by molar-refractivity contribution is 6.30. The first-order valence-electron chi connectivity index (χ1n) is 7.34. The van der Waals surface area contributed by atoms with E-state index in [-0.39, 0.29) is 22.4 Å². The van der Waals surface area contributed by atoms with E-state index >= 15 is 0 Å². The van der Waals surface area contributed by atoms with Crippen LogP contribution in [-0.4, -0.2) is 34.1 Å². The van der Waals surface area contributed by atoms with E-state index in [1.54, 1.807) is 0 Å². The molecule has 1 fully saturated rings. The topological polar surface area (TPSA) is 58.1 Å². The van der Waals surface area contributed by atoms with Crippen molar-refractivity contribution < 1.29 is 0 Å². The van der Waals surface area contributed by atoms with E-state index in [2.05, 4.69) is 16.8 Å². The van der Waals surface area contributed by atoms with Gasteiger partial charge in [-0.2, -0.15) is 0 Å². The molecule has 1 aromatic heterocycles.